The van der Waals surface area contributed by atoms with Gasteiger partial charge in [-0.2, -0.15) is 0 Å². The third kappa shape index (κ3) is 8.56. The number of benzene rings is 1. The minimum Gasteiger partial charge on any atom is -0.508 e. The summed E-state index contributed by atoms with van der Waals surface area (Å²) >= 11 is 3.20. The third-order valence-electron chi connectivity index (χ3n) is 4.07. The first-order valence-corrected chi connectivity index (χ1v) is 9.74. The van der Waals surface area contributed by atoms with Crippen LogP contribution < -0.4 is 5.32 Å². The molecule has 0 bridgehead atoms. The lowest BCUT2D eigenvalue weighted by molar-refractivity contribution is -0.142. The van der Waals surface area contributed by atoms with Gasteiger partial charge in [0.2, 0.25) is 5.91 Å². The molecule has 150 valence electrons. The number of carbonyl (C=O) groups excluding carboxylic acids is 3. The summed E-state index contributed by atoms with van der Waals surface area (Å²) in [7, 11) is 0. The molecule has 1 aromatic carbocycles. The van der Waals surface area contributed by atoms with E-state index < -0.39 is 23.3 Å². The fourth-order valence-corrected chi connectivity index (χ4v) is 3.26. The highest BCUT2D eigenvalue weighted by Gasteiger charge is 2.32. The second kappa shape index (κ2) is 10.4. The SMILES string of the molecule is CC(C)CC(C)(C)C(=O)CC(=O)NC1CCOC1=O.Oc1cccc(Br)c1. The number of nitrogens with one attached hydrogen (secondary N) is 1. The smallest absolute Gasteiger partial charge is 0.328 e. The molecule has 1 unspecified atom stereocenters. The molecule has 0 aliphatic carbocycles. The van der Waals surface area contributed by atoms with E-state index in [2.05, 4.69) is 21.2 Å². The van der Waals surface area contributed by atoms with E-state index in [-0.39, 0.29) is 12.2 Å². The number of phenolic OH excluding ortho intramolecular Hbond substituents is 1. The van der Waals surface area contributed by atoms with E-state index in [9.17, 15) is 14.4 Å². The monoisotopic (exact) mass is 441 g/mol. The maximum absolute atomic E-state index is 12.1. The van der Waals surface area contributed by atoms with Crippen molar-refractivity contribution < 1.29 is 24.2 Å². The van der Waals surface area contributed by atoms with E-state index in [1.165, 1.54) is 0 Å². The zero-order valence-corrected chi connectivity index (χ0v) is 17.8. The Morgan fingerprint density at radius 1 is 1.37 bits per heavy atom. The molecular weight excluding hydrogens is 414 g/mol. The maximum atomic E-state index is 12.1. The molecule has 1 aliphatic rings. The Labute approximate surface area is 168 Å². The molecule has 1 fully saturated rings. The van der Waals surface area contributed by atoms with Gasteiger partial charge in [-0.15, -0.1) is 0 Å². The van der Waals surface area contributed by atoms with Gasteiger partial charge in [0.1, 0.15) is 17.6 Å². The number of rotatable bonds is 6. The van der Waals surface area contributed by atoms with Gasteiger partial charge in [-0.05, 0) is 30.5 Å². The normalized spacial score (nSPS) is 16.4. The van der Waals surface area contributed by atoms with E-state index in [1.807, 2.05) is 33.8 Å². The molecule has 6 nitrogen and oxygen atoms in total. The van der Waals surface area contributed by atoms with Crippen molar-refractivity contribution >= 4 is 33.6 Å². The second-order valence-corrected chi connectivity index (χ2v) is 8.55. The number of halogens is 1. The fraction of sp³-hybridized carbons (Fsp3) is 0.550. The molecule has 1 aliphatic heterocycles. The summed E-state index contributed by atoms with van der Waals surface area (Å²) in [5.41, 5.74) is -0.512. The van der Waals surface area contributed by atoms with Crippen molar-refractivity contribution in [2.75, 3.05) is 6.61 Å². The van der Waals surface area contributed by atoms with Gasteiger partial charge in [0.25, 0.3) is 0 Å². The van der Waals surface area contributed by atoms with Crippen molar-refractivity contribution in [1.82, 2.24) is 5.32 Å². The molecule has 1 atom stereocenters. The molecule has 2 N–H and O–H groups in total. The molecule has 7 heteroatoms. The van der Waals surface area contributed by atoms with Crippen LogP contribution in [0.1, 0.15) is 47.0 Å². The van der Waals surface area contributed by atoms with E-state index in [0.29, 0.717) is 24.7 Å². The van der Waals surface area contributed by atoms with Crippen LogP contribution >= 0.6 is 15.9 Å². The van der Waals surface area contributed by atoms with Gasteiger partial charge in [-0.25, -0.2) is 4.79 Å². The van der Waals surface area contributed by atoms with Crippen molar-refractivity contribution in [3.63, 3.8) is 0 Å². The first kappa shape index (κ1) is 23.1. The number of hydrogen-bond acceptors (Lipinski definition) is 5. The number of carbonyl (C=O) groups is 3. The number of esters is 1. The number of ketones is 1. The number of amides is 1. The Morgan fingerprint density at radius 2 is 2.04 bits per heavy atom. The zero-order valence-electron chi connectivity index (χ0n) is 16.3. The van der Waals surface area contributed by atoms with Crippen LogP contribution in [0.4, 0.5) is 0 Å². The van der Waals surface area contributed by atoms with Gasteiger partial charge >= 0.3 is 5.97 Å². The van der Waals surface area contributed by atoms with E-state index in [4.69, 9.17) is 9.84 Å². The van der Waals surface area contributed by atoms with Crippen LogP contribution in [0, 0.1) is 11.3 Å². The molecule has 0 aromatic heterocycles. The number of hydrogen-bond donors (Lipinski definition) is 2. The van der Waals surface area contributed by atoms with E-state index >= 15 is 0 Å². The highest BCUT2D eigenvalue weighted by atomic mass is 79.9. The predicted octanol–water partition coefficient (Wildman–Crippen LogP) is 3.60. The Morgan fingerprint density at radius 3 is 2.48 bits per heavy atom. The topological polar surface area (TPSA) is 92.7 Å². The van der Waals surface area contributed by atoms with Gasteiger partial charge < -0.3 is 15.2 Å². The highest BCUT2D eigenvalue weighted by Crippen LogP contribution is 2.27. The lowest BCUT2D eigenvalue weighted by atomic mass is 9.79. The van der Waals surface area contributed by atoms with Crippen molar-refractivity contribution in [2.24, 2.45) is 11.3 Å². The van der Waals surface area contributed by atoms with Gasteiger partial charge in [0.05, 0.1) is 13.0 Å². The number of ether oxygens (including phenoxy) is 1. The summed E-state index contributed by atoms with van der Waals surface area (Å²) < 4.78 is 5.65. The summed E-state index contributed by atoms with van der Waals surface area (Å²) in [5, 5.41) is 11.3. The number of phenols is 1. The minimum absolute atomic E-state index is 0.0925. The standard InChI is InChI=1S/C14H23NO4.C6H5BrO/c1-9(2)8-14(3,4)11(16)7-12(17)15-10-5-6-19-13(10)18;7-5-2-1-3-6(8)4-5/h9-10H,5-8H2,1-4H3,(H,15,17);1-4,8H. The summed E-state index contributed by atoms with van der Waals surface area (Å²) in [6, 6.07) is 6.32. The van der Waals surface area contributed by atoms with E-state index in [0.717, 1.165) is 10.9 Å². The van der Waals surface area contributed by atoms with Crippen LogP contribution in [0.2, 0.25) is 0 Å². The molecule has 1 amide bonds. The van der Waals surface area contributed by atoms with Crippen molar-refractivity contribution in [2.45, 2.75) is 53.0 Å². The van der Waals surface area contributed by atoms with Crippen molar-refractivity contribution in [3.05, 3.63) is 28.7 Å². The largest absolute Gasteiger partial charge is 0.508 e. The molecule has 1 heterocycles. The third-order valence-corrected chi connectivity index (χ3v) is 4.57. The molecule has 0 saturated carbocycles. The summed E-state index contributed by atoms with van der Waals surface area (Å²) in [5.74, 6) is -0.218. The first-order chi connectivity index (χ1) is 12.5. The van der Waals surface area contributed by atoms with Crippen LogP contribution in [0.3, 0.4) is 0 Å². The van der Waals surface area contributed by atoms with Crippen molar-refractivity contribution in [3.8, 4) is 5.75 Å². The summed E-state index contributed by atoms with van der Waals surface area (Å²) in [4.78, 5) is 35.1. The van der Waals surface area contributed by atoms with Crippen LogP contribution in [0.25, 0.3) is 0 Å². The molecule has 0 radical (unpaired) electrons. The molecule has 1 aromatic rings. The first-order valence-electron chi connectivity index (χ1n) is 8.95. The van der Waals surface area contributed by atoms with Crippen molar-refractivity contribution in [1.29, 1.82) is 0 Å². The number of cyclic esters (lactones) is 1. The van der Waals surface area contributed by atoms with Gasteiger partial charge in [-0.3, -0.25) is 9.59 Å². The Hall–Kier alpha value is -1.89. The summed E-state index contributed by atoms with van der Waals surface area (Å²) in [6.45, 7) is 8.13. The number of Topliss-reactive ketones (excluding diaryl/α,β-unsaturated/α-hetero) is 1. The van der Waals surface area contributed by atoms with Gasteiger partial charge in [0.15, 0.2) is 0 Å². The average Bonchev–Trinajstić information content (AvgIpc) is 2.91. The number of aromatic hydroxyl groups is 1. The Bertz CT molecular complexity index is 655. The van der Waals surface area contributed by atoms with Crippen LogP contribution in [0.5, 0.6) is 5.75 Å². The predicted molar refractivity (Wildman–Crippen MR) is 106 cm³/mol. The molecule has 1 saturated heterocycles. The zero-order chi connectivity index (χ0) is 20.6. The van der Waals surface area contributed by atoms with Crippen LogP contribution in [-0.2, 0) is 19.1 Å². The van der Waals surface area contributed by atoms with Crippen LogP contribution in [0.15, 0.2) is 28.7 Å². The highest BCUT2D eigenvalue weighted by molar-refractivity contribution is 9.10. The van der Waals surface area contributed by atoms with Gasteiger partial charge in [-0.1, -0.05) is 49.7 Å². The molecule has 27 heavy (non-hydrogen) atoms. The Balaban J connectivity index is 0.000000377. The Kier molecular flexibility index (Phi) is 8.96. The second-order valence-electron chi connectivity index (χ2n) is 7.64. The fourth-order valence-electron chi connectivity index (χ4n) is 2.87. The maximum Gasteiger partial charge on any atom is 0.328 e. The average molecular weight is 442 g/mol. The lowest BCUT2D eigenvalue weighted by Crippen LogP contribution is -2.40. The van der Waals surface area contributed by atoms with E-state index in [1.54, 1.807) is 18.2 Å². The minimum atomic E-state index is -0.589. The quantitative estimate of drug-likeness (QED) is 0.519. The summed E-state index contributed by atoms with van der Waals surface area (Å²) in [6.07, 6.45) is 1.04. The molecule has 0 spiro atoms. The molecular formula is C20H28BrNO5. The van der Waals surface area contributed by atoms with Gasteiger partial charge in [0, 0.05) is 16.3 Å². The van der Waals surface area contributed by atoms with Crippen LogP contribution in [-0.4, -0.2) is 35.4 Å². The molecule has 2 rings (SSSR count). The lowest BCUT2D eigenvalue weighted by Gasteiger charge is -2.25.